The summed E-state index contributed by atoms with van der Waals surface area (Å²) in [5.41, 5.74) is 0.528. The second kappa shape index (κ2) is 9.66. The van der Waals surface area contributed by atoms with Gasteiger partial charge in [0.05, 0.1) is 11.9 Å². The van der Waals surface area contributed by atoms with E-state index >= 15 is 0 Å². The molecule has 1 unspecified atom stereocenters. The molecule has 1 amide bonds. The van der Waals surface area contributed by atoms with Crippen molar-refractivity contribution in [3.8, 4) is 5.75 Å². The molecule has 0 saturated heterocycles. The van der Waals surface area contributed by atoms with Crippen LogP contribution in [0.3, 0.4) is 0 Å². The molecule has 0 bridgehead atoms. The Balaban J connectivity index is 1.78. The molecule has 6 nitrogen and oxygen atoms in total. The van der Waals surface area contributed by atoms with Gasteiger partial charge in [0.2, 0.25) is 10.0 Å². The maximum absolute atomic E-state index is 12.1. The summed E-state index contributed by atoms with van der Waals surface area (Å²) in [7, 11) is -1.83. The van der Waals surface area contributed by atoms with Crippen molar-refractivity contribution in [1.82, 2.24) is 5.32 Å². The number of rotatable bonds is 9. The number of thioether (sulfide) groups is 1. The molecule has 1 atom stereocenters. The van der Waals surface area contributed by atoms with Gasteiger partial charge in [-0.3, -0.25) is 9.10 Å². The Hall–Kier alpha value is -2.19. The number of benzene rings is 2. The molecule has 0 spiro atoms. The molecule has 0 aromatic heterocycles. The monoisotopic (exact) mass is 408 g/mol. The van der Waals surface area contributed by atoms with E-state index in [-0.39, 0.29) is 5.91 Å². The van der Waals surface area contributed by atoms with Crippen LogP contribution in [0.4, 0.5) is 5.69 Å². The van der Waals surface area contributed by atoms with Crippen molar-refractivity contribution in [2.75, 3.05) is 29.9 Å². The molecule has 2 rings (SSSR count). The van der Waals surface area contributed by atoms with Crippen LogP contribution in [0.5, 0.6) is 5.75 Å². The number of hydrogen-bond donors (Lipinski definition) is 1. The summed E-state index contributed by atoms with van der Waals surface area (Å²) in [5.74, 6) is 1.08. The Kier molecular flexibility index (Phi) is 7.55. The Morgan fingerprint density at radius 2 is 1.78 bits per heavy atom. The third-order valence-electron chi connectivity index (χ3n) is 3.79. The molecule has 27 heavy (non-hydrogen) atoms. The largest absolute Gasteiger partial charge is 0.481 e. The molecule has 2 aromatic carbocycles. The van der Waals surface area contributed by atoms with Crippen LogP contribution in [0.1, 0.15) is 6.92 Å². The molecule has 8 heteroatoms. The van der Waals surface area contributed by atoms with E-state index in [4.69, 9.17) is 4.74 Å². The molecule has 2 aromatic rings. The highest BCUT2D eigenvalue weighted by molar-refractivity contribution is 7.99. The van der Waals surface area contributed by atoms with Crippen LogP contribution >= 0.6 is 11.8 Å². The molecule has 0 aliphatic rings. The molecule has 0 aliphatic carbocycles. The van der Waals surface area contributed by atoms with Crippen molar-refractivity contribution in [2.24, 2.45) is 0 Å². The number of nitrogens with one attached hydrogen (secondary N) is 1. The van der Waals surface area contributed by atoms with Gasteiger partial charge >= 0.3 is 0 Å². The average molecular weight is 409 g/mol. The first kappa shape index (κ1) is 21.1. The molecule has 0 heterocycles. The summed E-state index contributed by atoms with van der Waals surface area (Å²) in [5, 5.41) is 2.85. The summed E-state index contributed by atoms with van der Waals surface area (Å²) in [4.78, 5) is 13.3. The molecular weight excluding hydrogens is 384 g/mol. The third kappa shape index (κ3) is 6.80. The fourth-order valence-corrected chi connectivity index (χ4v) is 3.48. The summed E-state index contributed by atoms with van der Waals surface area (Å²) in [6, 6.07) is 16.6. The van der Waals surface area contributed by atoms with Crippen molar-refractivity contribution in [1.29, 1.82) is 0 Å². The maximum Gasteiger partial charge on any atom is 0.260 e. The van der Waals surface area contributed by atoms with Gasteiger partial charge in [0.25, 0.3) is 5.91 Å². The second-order valence-corrected chi connectivity index (χ2v) is 9.12. The van der Waals surface area contributed by atoms with Gasteiger partial charge in [-0.15, -0.1) is 11.8 Å². The van der Waals surface area contributed by atoms with E-state index in [1.54, 1.807) is 43.0 Å². The smallest absolute Gasteiger partial charge is 0.260 e. The molecule has 0 fully saturated rings. The van der Waals surface area contributed by atoms with E-state index in [1.165, 1.54) is 11.4 Å². The quantitative estimate of drug-likeness (QED) is 0.510. The van der Waals surface area contributed by atoms with E-state index in [2.05, 4.69) is 5.32 Å². The normalized spacial score (nSPS) is 12.3. The van der Waals surface area contributed by atoms with Gasteiger partial charge in [0.1, 0.15) is 5.75 Å². The number of carbonyl (C=O) groups excluding carboxylic acids is 1. The molecule has 0 radical (unpaired) electrons. The topological polar surface area (TPSA) is 75.7 Å². The van der Waals surface area contributed by atoms with Gasteiger partial charge in [-0.25, -0.2) is 8.42 Å². The van der Waals surface area contributed by atoms with Crippen LogP contribution in [-0.4, -0.2) is 46.0 Å². The van der Waals surface area contributed by atoms with Crippen molar-refractivity contribution < 1.29 is 17.9 Å². The summed E-state index contributed by atoms with van der Waals surface area (Å²) in [6.45, 7) is 2.22. The predicted octanol–water partition coefficient (Wildman–Crippen LogP) is 2.76. The van der Waals surface area contributed by atoms with Crippen LogP contribution in [-0.2, 0) is 14.8 Å². The first-order chi connectivity index (χ1) is 12.8. The zero-order valence-corrected chi connectivity index (χ0v) is 17.2. The summed E-state index contributed by atoms with van der Waals surface area (Å²) < 4.78 is 29.9. The Bertz CT molecular complexity index is 840. The van der Waals surface area contributed by atoms with Gasteiger partial charge < -0.3 is 10.1 Å². The molecule has 1 N–H and O–H groups in total. The lowest BCUT2D eigenvalue weighted by atomic mass is 10.3. The maximum atomic E-state index is 12.1. The molecular formula is C19H24N2O4S2. The summed E-state index contributed by atoms with van der Waals surface area (Å²) in [6.07, 6.45) is 0.491. The fourth-order valence-electron chi connectivity index (χ4n) is 2.19. The number of ether oxygens (including phenoxy) is 1. The van der Waals surface area contributed by atoms with Crippen molar-refractivity contribution in [3.63, 3.8) is 0 Å². The first-order valence-corrected chi connectivity index (χ1v) is 11.3. The number of anilines is 1. The summed E-state index contributed by atoms with van der Waals surface area (Å²) >= 11 is 1.68. The van der Waals surface area contributed by atoms with Gasteiger partial charge in [0.15, 0.2) is 6.10 Å². The number of sulfonamides is 1. The molecule has 0 aliphatic heterocycles. The van der Waals surface area contributed by atoms with E-state index in [9.17, 15) is 13.2 Å². The minimum absolute atomic E-state index is 0.194. The molecule has 0 saturated carbocycles. The standard InChI is InChI=1S/C19H24N2O4S2/c1-15(19(22)20-13-14-26-18-7-5-4-6-8-18)25-17-11-9-16(10-12-17)21(2)27(3,23)24/h4-12,15H,13-14H2,1-3H3,(H,20,22). The van der Waals surface area contributed by atoms with Gasteiger partial charge in [0, 0.05) is 24.2 Å². The minimum atomic E-state index is -3.31. The van der Waals surface area contributed by atoms with E-state index in [0.717, 1.165) is 16.9 Å². The highest BCUT2D eigenvalue weighted by Crippen LogP contribution is 2.21. The van der Waals surface area contributed by atoms with Crippen LogP contribution < -0.4 is 14.4 Å². The third-order valence-corrected chi connectivity index (χ3v) is 6.01. The number of hydrogen-bond acceptors (Lipinski definition) is 5. The highest BCUT2D eigenvalue weighted by atomic mass is 32.2. The zero-order valence-electron chi connectivity index (χ0n) is 15.6. The minimum Gasteiger partial charge on any atom is -0.481 e. The van der Waals surface area contributed by atoms with Gasteiger partial charge in [-0.2, -0.15) is 0 Å². The SMILES string of the molecule is CC(Oc1ccc(N(C)S(C)(=O)=O)cc1)C(=O)NCCSc1ccccc1. The highest BCUT2D eigenvalue weighted by Gasteiger charge is 2.15. The van der Waals surface area contributed by atoms with E-state index in [1.807, 2.05) is 30.3 Å². The van der Waals surface area contributed by atoms with Crippen LogP contribution in [0.25, 0.3) is 0 Å². The first-order valence-electron chi connectivity index (χ1n) is 8.43. The lowest BCUT2D eigenvalue weighted by Gasteiger charge is -2.18. The van der Waals surface area contributed by atoms with Crippen LogP contribution in [0, 0.1) is 0 Å². The lowest BCUT2D eigenvalue weighted by Crippen LogP contribution is -2.37. The van der Waals surface area contributed by atoms with Gasteiger partial charge in [-0.05, 0) is 43.3 Å². The fraction of sp³-hybridized carbons (Fsp3) is 0.316. The van der Waals surface area contributed by atoms with E-state index in [0.29, 0.717) is 18.0 Å². The van der Waals surface area contributed by atoms with E-state index < -0.39 is 16.1 Å². The Labute approximate surface area is 165 Å². The Morgan fingerprint density at radius 3 is 2.37 bits per heavy atom. The predicted molar refractivity (Wildman–Crippen MR) is 110 cm³/mol. The zero-order chi connectivity index (χ0) is 19.9. The van der Waals surface area contributed by atoms with Crippen LogP contribution in [0.2, 0.25) is 0 Å². The van der Waals surface area contributed by atoms with Gasteiger partial charge in [-0.1, -0.05) is 18.2 Å². The number of carbonyl (C=O) groups is 1. The number of amides is 1. The van der Waals surface area contributed by atoms with Crippen molar-refractivity contribution in [3.05, 3.63) is 54.6 Å². The van der Waals surface area contributed by atoms with Crippen molar-refractivity contribution in [2.45, 2.75) is 17.9 Å². The Morgan fingerprint density at radius 1 is 1.15 bits per heavy atom. The average Bonchev–Trinajstić information content (AvgIpc) is 2.65. The van der Waals surface area contributed by atoms with Crippen molar-refractivity contribution >= 4 is 33.4 Å². The second-order valence-electron chi connectivity index (χ2n) is 5.94. The van der Waals surface area contributed by atoms with Crippen LogP contribution in [0.15, 0.2) is 59.5 Å². The lowest BCUT2D eigenvalue weighted by molar-refractivity contribution is -0.127. The molecule has 146 valence electrons. The number of nitrogens with zero attached hydrogens (tertiary/aromatic N) is 1.